The van der Waals surface area contributed by atoms with E-state index >= 15 is 0 Å². The van der Waals surface area contributed by atoms with Gasteiger partial charge in [-0.1, -0.05) is 20.8 Å². The zero-order chi connectivity index (χ0) is 18.0. The van der Waals surface area contributed by atoms with Crippen molar-refractivity contribution in [3.05, 3.63) is 35.5 Å². The topological polar surface area (TPSA) is 36.4 Å². The van der Waals surface area contributed by atoms with Gasteiger partial charge < -0.3 is 9.80 Å². The van der Waals surface area contributed by atoms with Crippen molar-refractivity contribution in [1.29, 1.82) is 0 Å². The molecule has 134 valence electrons. The zero-order valence-corrected chi connectivity index (χ0v) is 15.8. The molecule has 1 aliphatic heterocycles. The van der Waals surface area contributed by atoms with Crippen LogP contribution in [0.1, 0.15) is 27.2 Å². The van der Waals surface area contributed by atoms with E-state index in [2.05, 4.69) is 4.90 Å². The smallest absolute Gasteiger partial charge is 0.228 e. The first-order valence-corrected chi connectivity index (χ1v) is 9.48. The van der Waals surface area contributed by atoms with Crippen molar-refractivity contribution in [2.75, 3.05) is 31.1 Å². The van der Waals surface area contributed by atoms with Gasteiger partial charge in [0.1, 0.15) is 5.82 Å². The van der Waals surface area contributed by atoms with Crippen molar-refractivity contribution in [2.24, 2.45) is 5.41 Å². The van der Waals surface area contributed by atoms with Gasteiger partial charge in [-0.25, -0.2) is 9.37 Å². The average molecular weight is 361 g/mol. The third kappa shape index (κ3) is 4.18. The molecule has 0 bridgehead atoms. The first-order chi connectivity index (χ1) is 11.8. The van der Waals surface area contributed by atoms with Crippen molar-refractivity contribution in [3.63, 3.8) is 0 Å². The molecule has 1 aromatic heterocycles. The van der Waals surface area contributed by atoms with Crippen LogP contribution in [0.2, 0.25) is 0 Å². The Bertz CT molecular complexity index is 736. The number of carbonyl (C=O) groups excluding carboxylic acids is 1. The summed E-state index contributed by atoms with van der Waals surface area (Å²) in [4.78, 5) is 21.4. The Hall–Kier alpha value is -1.95. The molecule has 3 rings (SSSR count). The molecule has 0 N–H and O–H groups in total. The molecule has 0 aliphatic carbocycles. The Morgan fingerprint density at radius 2 is 1.84 bits per heavy atom. The number of carbonyl (C=O) groups is 1. The van der Waals surface area contributed by atoms with Gasteiger partial charge in [0.2, 0.25) is 5.91 Å². The third-order valence-corrected chi connectivity index (χ3v) is 5.23. The lowest BCUT2D eigenvalue weighted by atomic mass is 9.94. The maximum absolute atomic E-state index is 13.1. The fourth-order valence-electron chi connectivity index (χ4n) is 2.95. The Balaban J connectivity index is 1.69. The van der Waals surface area contributed by atoms with E-state index in [1.807, 2.05) is 31.1 Å². The van der Waals surface area contributed by atoms with Crippen LogP contribution in [0.25, 0.3) is 11.3 Å². The van der Waals surface area contributed by atoms with Gasteiger partial charge in [0, 0.05) is 42.5 Å². The molecule has 1 aliphatic rings. The Morgan fingerprint density at radius 3 is 2.52 bits per heavy atom. The van der Waals surface area contributed by atoms with Gasteiger partial charge in [0.25, 0.3) is 0 Å². The first kappa shape index (κ1) is 17.9. The molecular formula is C19H24FN3OS. The summed E-state index contributed by atoms with van der Waals surface area (Å²) >= 11 is 1.60. The van der Waals surface area contributed by atoms with Crippen molar-refractivity contribution < 1.29 is 9.18 Å². The molecular weight excluding hydrogens is 337 g/mol. The van der Waals surface area contributed by atoms with Gasteiger partial charge in [0.05, 0.1) is 5.69 Å². The number of hydrogen-bond donors (Lipinski definition) is 0. The minimum Gasteiger partial charge on any atom is -0.346 e. The first-order valence-electron chi connectivity index (χ1n) is 8.60. The van der Waals surface area contributed by atoms with Gasteiger partial charge in [0.15, 0.2) is 5.13 Å². The quantitative estimate of drug-likeness (QED) is 0.810. The number of amides is 1. The van der Waals surface area contributed by atoms with Gasteiger partial charge in [-0.15, -0.1) is 11.3 Å². The average Bonchev–Trinajstić information content (AvgIpc) is 2.92. The SMILES string of the molecule is CC(C)(C)C(=O)N1CCCN(c2nc(-c3ccc(F)cc3)cs2)CC1. The normalized spacial score (nSPS) is 16.0. The number of anilines is 1. The molecule has 1 aromatic carbocycles. The summed E-state index contributed by atoms with van der Waals surface area (Å²) in [7, 11) is 0. The van der Waals surface area contributed by atoms with Crippen LogP contribution in [0, 0.1) is 11.2 Å². The lowest BCUT2D eigenvalue weighted by molar-refractivity contribution is -0.139. The standard InChI is InChI=1S/C19H24FN3OS/c1-19(2,3)17(24)22-9-4-10-23(12-11-22)18-21-16(13-25-18)14-5-7-15(20)8-6-14/h5-8,13H,4,9-12H2,1-3H3. The molecule has 4 nitrogen and oxygen atoms in total. The fraction of sp³-hybridized carbons (Fsp3) is 0.474. The maximum Gasteiger partial charge on any atom is 0.228 e. The molecule has 0 atom stereocenters. The second-order valence-corrected chi connectivity index (χ2v) is 8.24. The predicted octanol–water partition coefficient (Wildman–Crippen LogP) is 4.03. The second kappa shape index (κ2) is 7.12. The maximum atomic E-state index is 13.1. The second-order valence-electron chi connectivity index (χ2n) is 7.41. The molecule has 1 saturated heterocycles. The summed E-state index contributed by atoms with van der Waals surface area (Å²) in [5.74, 6) is -0.0316. The summed E-state index contributed by atoms with van der Waals surface area (Å²) in [5.41, 5.74) is 1.45. The number of rotatable bonds is 2. The number of benzene rings is 1. The lowest BCUT2D eigenvalue weighted by Crippen LogP contribution is -2.41. The molecule has 0 radical (unpaired) electrons. The predicted molar refractivity (Wildman–Crippen MR) is 100 cm³/mol. The third-order valence-electron chi connectivity index (χ3n) is 4.33. The zero-order valence-electron chi connectivity index (χ0n) is 15.0. The summed E-state index contributed by atoms with van der Waals surface area (Å²) in [6, 6.07) is 6.41. The lowest BCUT2D eigenvalue weighted by Gasteiger charge is -2.28. The molecule has 0 unspecified atom stereocenters. The van der Waals surface area contributed by atoms with Crippen molar-refractivity contribution >= 4 is 22.4 Å². The van der Waals surface area contributed by atoms with E-state index in [9.17, 15) is 9.18 Å². The summed E-state index contributed by atoms with van der Waals surface area (Å²) < 4.78 is 13.1. The van der Waals surface area contributed by atoms with Gasteiger partial charge in [-0.3, -0.25) is 4.79 Å². The molecule has 1 fully saturated rings. The van der Waals surface area contributed by atoms with E-state index in [1.54, 1.807) is 23.5 Å². The van der Waals surface area contributed by atoms with Crippen LogP contribution in [-0.2, 0) is 4.79 Å². The van der Waals surface area contributed by atoms with E-state index in [4.69, 9.17) is 4.98 Å². The van der Waals surface area contributed by atoms with Crippen LogP contribution in [0.3, 0.4) is 0 Å². The van der Waals surface area contributed by atoms with Gasteiger partial charge in [-0.2, -0.15) is 0 Å². The molecule has 6 heteroatoms. The van der Waals surface area contributed by atoms with Crippen LogP contribution in [0.4, 0.5) is 9.52 Å². The number of nitrogens with zero attached hydrogens (tertiary/aromatic N) is 3. The highest BCUT2D eigenvalue weighted by molar-refractivity contribution is 7.14. The molecule has 2 aromatic rings. The van der Waals surface area contributed by atoms with Gasteiger partial charge in [-0.05, 0) is 30.7 Å². The van der Waals surface area contributed by atoms with Gasteiger partial charge >= 0.3 is 0 Å². The fourth-order valence-corrected chi connectivity index (χ4v) is 3.84. The van der Waals surface area contributed by atoms with E-state index < -0.39 is 0 Å². The summed E-state index contributed by atoms with van der Waals surface area (Å²) in [6.07, 6.45) is 0.938. The van der Waals surface area contributed by atoms with Crippen molar-refractivity contribution in [3.8, 4) is 11.3 Å². The van der Waals surface area contributed by atoms with Crippen LogP contribution in [0.15, 0.2) is 29.6 Å². The largest absolute Gasteiger partial charge is 0.346 e. The molecule has 1 amide bonds. The van der Waals surface area contributed by atoms with E-state index in [0.717, 1.165) is 49.0 Å². The Morgan fingerprint density at radius 1 is 1.12 bits per heavy atom. The van der Waals surface area contributed by atoms with E-state index in [0.29, 0.717) is 0 Å². The monoisotopic (exact) mass is 361 g/mol. The molecule has 25 heavy (non-hydrogen) atoms. The Kier molecular flexibility index (Phi) is 5.08. The summed E-state index contributed by atoms with van der Waals surface area (Å²) in [5, 5.41) is 2.97. The van der Waals surface area contributed by atoms with Crippen LogP contribution >= 0.6 is 11.3 Å². The highest BCUT2D eigenvalue weighted by Gasteiger charge is 2.29. The molecule has 0 saturated carbocycles. The molecule has 2 heterocycles. The van der Waals surface area contributed by atoms with Crippen LogP contribution < -0.4 is 4.90 Å². The highest BCUT2D eigenvalue weighted by atomic mass is 32.1. The van der Waals surface area contributed by atoms with Crippen molar-refractivity contribution in [1.82, 2.24) is 9.88 Å². The number of hydrogen-bond acceptors (Lipinski definition) is 4. The van der Waals surface area contributed by atoms with E-state index in [1.165, 1.54) is 12.1 Å². The molecule has 0 spiro atoms. The van der Waals surface area contributed by atoms with Crippen molar-refractivity contribution in [2.45, 2.75) is 27.2 Å². The number of thiazole rings is 1. The summed E-state index contributed by atoms with van der Waals surface area (Å²) in [6.45, 7) is 9.10. The minimum absolute atomic E-state index is 0.209. The minimum atomic E-state index is -0.341. The number of halogens is 1. The highest BCUT2D eigenvalue weighted by Crippen LogP contribution is 2.28. The van der Waals surface area contributed by atoms with Crippen LogP contribution in [-0.4, -0.2) is 42.0 Å². The number of aromatic nitrogens is 1. The Labute approximate surface area is 152 Å². The van der Waals surface area contributed by atoms with Crippen LogP contribution in [0.5, 0.6) is 0 Å². The van der Waals surface area contributed by atoms with E-state index in [-0.39, 0.29) is 17.1 Å².